The lowest BCUT2D eigenvalue weighted by atomic mass is 10.0. The average Bonchev–Trinajstić information content (AvgIpc) is 3.59. The van der Waals surface area contributed by atoms with Crippen LogP contribution in [-0.4, -0.2) is 83.5 Å². The molecular formula is C31H40N6O4. The van der Waals surface area contributed by atoms with Gasteiger partial charge in [-0.05, 0) is 49.2 Å². The monoisotopic (exact) mass is 560 g/mol. The number of fused-ring (bicyclic) bond motifs is 1. The predicted molar refractivity (Wildman–Crippen MR) is 160 cm³/mol. The fourth-order valence-electron chi connectivity index (χ4n) is 5.69. The van der Waals surface area contributed by atoms with Crippen molar-refractivity contribution in [3.63, 3.8) is 0 Å². The zero-order chi connectivity index (χ0) is 28.9. The van der Waals surface area contributed by atoms with Crippen LogP contribution in [-0.2, 0) is 7.05 Å². The molecular weight excluding hydrogens is 520 g/mol. The van der Waals surface area contributed by atoms with E-state index in [1.165, 1.54) is 0 Å². The molecule has 5 rings (SSSR count). The quantitative estimate of drug-likeness (QED) is 0.267. The lowest BCUT2D eigenvalue weighted by Crippen LogP contribution is -2.46. The van der Waals surface area contributed by atoms with Gasteiger partial charge in [0.1, 0.15) is 5.69 Å². The van der Waals surface area contributed by atoms with Gasteiger partial charge in [0.05, 0.1) is 26.6 Å². The highest BCUT2D eigenvalue weighted by molar-refractivity contribution is 5.98. The first-order valence-electron chi connectivity index (χ1n) is 14.2. The third kappa shape index (κ3) is 5.97. The lowest BCUT2D eigenvalue weighted by molar-refractivity contribution is 0.0948. The van der Waals surface area contributed by atoms with Gasteiger partial charge in [0.2, 0.25) is 0 Å². The number of ether oxygens (including phenoxy) is 2. The normalized spacial score (nSPS) is 14.8. The minimum Gasteiger partial charge on any atom is -0.494 e. The Morgan fingerprint density at radius 3 is 2.51 bits per heavy atom. The summed E-state index contributed by atoms with van der Waals surface area (Å²) in [6.07, 6.45) is 6.75. The fourth-order valence-corrected chi connectivity index (χ4v) is 5.69. The molecule has 0 radical (unpaired) electrons. The zero-order valence-corrected chi connectivity index (χ0v) is 24.3. The van der Waals surface area contributed by atoms with Crippen LogP contribution in [0.3, 0.4) is 0 Å². The Labute approximate surface area is 241 Å². The molecule has 0 bridgehead atoms. The molecule has 2 aromatic carbocycles. The predicted octanol–water partition coefficient (Wildman–Crippen LogP) is 4.04. The SMILES string of the molecule is CCN1CCN(c2cccc3c(O)n([C@H](CCCNC(=O)c4cn(C)cn4)c4ccc(OC)c(OC)c4)cc23)CC1. The zero-order valence-electron chi connectivity index (χ0n) is 24.3. The summed E-state index contributed by atoms with van der Waals surface area (Å²) >= 11 is 0. The number of benzene rings is 2. The van der Waals surface area contributed by atoms with Crippen molar-refractivity contribution in [1.29, 1.82) is 0 Å². The maximum absolute atomic E-state index is 12.5. The van der Waals surface area contributed by atoms with Crippen LogP contribution in [0.5, 0.6) is 17.4 Å². The van der Waals surface area contributed by atoms with Gasteiger partial charge in [-0.25, -0.2) is 4.98 Å². The van der Waals surface area contributed by atoms with E-state index in [4.69, 9.17) is 9.47 Å². The summed E-state index contributed by atoms with van der Waals surface area (Å²) < 4.78 is 14.8. The minimum atomic E-state index is -0.198. The van der Waals surface area contributed by atoms with E-state index in [1.54, 1.807) is 31.3 Å². The number of methoxy groups -OCH3 is 2. The second-order valence-electron chi connectivity index (χ2n) is 10.5. The van der Waals surface area contributed by atoms with Crippen LogP contribution in [0.4, 0.5) is 5.69 Å². The molecule has 0 aliphatic carbocycles. The summed E-state index contributed by atoms with van der Waals surface area (Å²) in [5.74, 6) is 1.30. The van der Waals surface area contributed by atoms with E-state index in [1.807, 2.05) is 41.9 Å². The highest BCUT2D eigenvalue weighted by Gasteiger charge is 2.24. The van der Waals surface area contributed by atoms with Crippen molar-refractivity contribution in [2.75, 3.05) is 58.4 Å². The number of aromatic hydroxyl groups is 1. The molecule has 10 heteroatoms. The first-order chi connectivity index (χ1) is 19.9. The highest BCUT2D eigenvalue weighted by Crippen LogP contribution is 2.40. The summed E-state index contributed by atoms with van der Waals surface area (Å²) in [7, 11) is 5.07. The molecule has 1 amide bonds. The van der Waals surface area contributed by atoms with Crippen LogP contribution in [0, 0.1) is 0 Å². The molecule has 1 aliphatic heterocycles. The molecule has 0 saturated carbocycles. The molecule has 10 nitrogen and oxygen atoms in total. The van der Waals surface area contributed by atoms with E-state index in [-0.39, 0.29) is 17.8 Å². The van der Waals surface area contributed by atoms with E-state index in [9.17, 15) is 9.90 Å². The fraction of sp³-hybridized carbons (Fsp3) is 0.419. The third-order valence-corrected chi connectivity index (χ3v) is 8.00. The molecule has 1 atom stereocenters. The number of carbonyl (C=O) groups excluding carboxylic acids is 1. The van der Waals surface area contributed by atoms with Crippen molar-refractivity contribution in [3.8, 4) is 17.4 Å². The molecule has 4 aromatic rings. The van der Waals surface area contributed by atoms with E-state index in [2.05, 4.69) is 39.3 Å². The largest absolute Gasteiger partial charge is 0.494 e. The van der Waals surface area contributed by atoms with Crippen molar-refractivity contribution >= 4 is 22.4 Å². The van der Waals surface area contributed by atoms with Gasteiger partial charge in [-0.15, -0.1) is 0 Å². The topological polar surface area (TPSA) is 97.0 Å². The summed E-state index contributed by atoms with van der Waals surface area (Å²) in [6, 6.07) is 11.8. The minimum absolute atomic E-state index is 0.196. The van der Waals surface area contributed by atoms with Crippen molar-refractivity contribution in [1.82, 2.24) is 24.3 Å². The van der Waals surface area contributed by atoms with Crippen molar-refractivity contribution in [2.24, 2.45) is 7.05 Å². The van der Waals surface area contributed by atoms with E-state index in [0.29, 0.717) is 36.6 Å². The Morgan fingerprint density at radius 2 is 1.83 bits per heavy atom. The smallest absolute Gasteiger partial charge is 0.271 e. The van der Waals surface area contributed by atoms with E-state index in [0.717, 1.165) is 54.7 Å². The number of nitrogens with one attached hydrogen (secondary N) is 1. The number of hydrogen-bond donors (Lipinski definition) is 2. The molecule has 0 spiro atoms. The van der Waals surface area contributed by atoms with Gasteiger partial charge in [-0.1, -0.05) is 19.1 Å². The Hall–Kier alpha value is -4.18. The number of aromatic nitrogens is 3. The number of nitrogens with zero attached hydrogens (tertiary/aromatic N) is 5. The Morgan fingerprint density at radius 1 is 1.05 bits per heavy atom. The van der Waals surface area contributed by atoms with Gasteiger partial charge < -0.3 is 38.8 Å². The third-order valence-electron chi connectivity index (χ3n) is 8.00. The van der Waals surface area contributed by atoms with Crippen LogP contribution >= 0.6 is 0 Å². The number of carbonyl (C=O) groups is 1. The Kier molecular flexibility index (Phi) is 8.68. The summed E-state index contributed by atoms with van der Waals surface area (Å²) in [5.41, 5.74) is 2.51. The molecule has 1 aliphatic rings. The second kappa shape index (κ2) is 12.6. The number of aryl methyl sites for hydroxylation is 1. The number of likely N-dealkylation sites (N-methyl/N-ethyl adjacent to an activating group) is 1. The van der Waals surface area contributed by atoms with E-state index >= 15 is 0 Å². The van der Waals surface area contributed by atoms with E-state index < -0.39 is 0 Å². The molecule has 2 aromatic heterocycles. The van der Waals surface area contributed by atoms with Crippen LogP contribution in [0.2, 0.25) is 0 Å². The molecule has 3 heterocycles. The standard InChI is InChI=1S/C31H40N6O4/c1-5-35-14-16-36(17-15-35)27-9-6-8-23-24(27)19-37(31(23)39)26(22-11-12-28(40-3)29(18-22)41-4)10-7-13-32-30(38)25-20-34(2)21-33-25/h6,8-9,11-12,18-21,26,39H,5,7,10,13-17H2,1-4H3,(H,32,38)/t26-/m1/s1. The van der Waals surface area contributed by atoms with Crippen LogP contribution < -0.4 is 19.7 Å². The number of rotatable bonds is 11. The molecule has 1 fully saturated rings. The number of piperazine rings is 1. The Balaban J connectivity index is 1.44. The van der Waals surface area contributed by atoms with Crippen LogP contribution in [0.25, 0.3) is 10.8 Å². The van der Waals surface area contributed by atoms with Gasteiger partial charge in [-0.3, -0.25) is 4.79 Å². The first-order valence-corrected chi connectivity index (χ1v) is 14.2. The summed E-state index contributed by atoms with van der Waals surface area (Å²) in [6.45, 7) is 7.70. The molecule has 0 unspecified atom stereocenters. The maximum atomic E-state index is 12.5. The molecule has 2 N–H and O–H groups in total. The van der Waals surface area contributed by atoms with Gasteiger partial charge in [0, 0.05) is 68.6 Å². The van der Waals surface area contributed by atoms with Crippen molar-refractivity contribution in [3.05, 3.63) is 66.4 Å². The number of imidazole rings is 1. The first kappa shape index (κ1) is 28.4. The van der Waals surface area contributed by atoms with Crippen LogP contribution in [0.15, 0.2) is 55.1 Å². The van der Waals surface area contributed by atoms with Gasteiger partial charge in [0.15, 0.2) is 17.4 Å². The van der Waals surface area contributed by atoms with Gasteiger partial charge in [0.25, 0.3) is 5.91 Å². The average molecular weight is 561 g/mol. The van der Waals surface area contributed by atoms with Crippen molar-refractivity contribution in [2.45, 2.75) is 25.8 Å². The number of anilines is 1. The van der Waals surface area contributed by atoms with Gasteiger partial charge >= 0.3 is 0 Å². The second-order valence-corrected chi connectivity index (χ2v) is 10.5. The van der Waals surface area contributed by atoms with Crippen LogP contribution in [0.1, 0.15) is 41.9 Å². The summed E-state index contributed by atoms with van der Waals surface area (Å²) in [5, 5.41) is 16.4. The Bertz CT molecular complexity index is 1490. The van der Waals surface area contributed by atoms with Gasteiger partial charge in [-0.2, -0.15) is 0 Å². The highest BCUT2D eigenvalue weighted by atomic mass is 16.5. The molecule has 41 heavy (non-hydrogen) atoms. The summed E-state index contributed by atoms with van der Waals surface area (Å²) in [4.78, 5) is 21.5. The molecule has 1 saturated heterocycles. The molecule has 218 valence electrons. The van der Waals surface area contributed by atoms with Crippen molar-refractivity contribution < 1.29 is 19.4 Å². The number of hydrogen-bond acceptors (Lipinski definition) is 7. The number of amides is 1. The maximum Gasteiger partial charge on any atom is 0.271 e. The lowest BCUT2D eigenvalue weighted by Gasteiger charge is -2.35.